The molecule has 0 spiro atoms. The standard InChI is InChI=1S/C13H13ClN2O2/c1-9-3-2-4-10(5-9)13(17)15-8-12-6-11(7-14)16-18-12/h2-6H,7-8H2,1H3,(H,15,17). The number of aryl methyl sites for hydroxylation is 1. The van der Waals surface area contributed by atoms with Crippen LogP contribution < -0.4 is 5.32 Å². The Bertz CT molecular complexity index is 551. The second-order valence-corrected chi connectivity index (χ2v) is 4.24. The number of hydrogen-bond acceptors (Lipinski definition) is 3. The minimum atomic E-state index is -0.137. The average Bonchev–Trinajstić information content (AvgIpc) is 2.84. The van der Waals surface area contributed by atoms with Gasteiger partial charge in [-0.15, -0.1) is 11.6 Å². The quantitative estimate of drug-likeness (QED) is 0.864. The fourth-order valence-corrected chi connectivity index (χ4v) is 1.68. The van der Waals surface area contributed by atoms with Crippen molar-refractivity contribution < 1.29 is 9.32 Å². The van der Waals surface area contributed by atoms with E-state index in [4.69, 9.17) is 16.1 Å². The third-order valence-corrected chi connectivity index (χ3v) is 2.72. The van der Waals surface area contributed by atoms with Crippen LogP contribution in [0, 0.1) is 6.92 Å². The van der Waals surface area contributed by atoms with Crippen molar-refractivity contribution in [3.63, 3.8) is 0 Å². The predicted molar refractivity (Wildman–Crippen MR) is 68.4 cm³/mol. The first-order chi connectivity index (χ1) is 8.69. The topological polar surface area (TPSA) is 55.1 Å². The number of halogens is 1. The maximum atomic E-state index is 11.8. The number of rotatable bonds is 4. The van der Waals surface area contributed by atoms with E-state index in [0.29, 0.717) is 29.4 Å². The number of carbonyl (C=O) groups is 1. The number of alkyl halides is 1. The van der Waals surface area contributed by atoms with Crippen LogP contribution in [0.5, 0.6) is 0 Å². The molecule has 0 fully saturated rings. The molecule has 0 saturated heterocycles. The van der Waals surface area contributed by atoms with Crippen molar-refractivity contribution in [3.05, 3.63) is 52.9 Å². The van der Waals surface area contributed by atoms with Crippen LogP contribution in [0.25, 0.3) is 0 Å². The summed E-state index contributed by atoms with van der Waals surface area (Å²) in [6, 6.07) is 9.13. The van der Waals surface area contributed by atoms with Crippen LogP contribution in [0.2, 0.25) is 0 Å². The van der Waals surface area contributed by atoms with Crippen molar-refractivity contribution in [3.8, 4) is 0 Å². The van der Waals surface area contributed by atoms with Crippen molar-refractivity contribution in [2.24, 2.45) is 0 Å². The zero-order valence-corrected chi connectivity index (χ0v) is 10.7. The van der Waals surface area contributed by atoms with Gasteiger partial charge in [0.05, 0.1) is 18.1 Å². The number of amides is 1. The van der Waals surface area contributed by atoms with Crippen LogP contribution in [0.15, 0.2) is 34.9 Å². The molecule has 18 heavy (non-hydrogen) atoms. The Labute approximate surface area is 110 Å². The molecule has 2 rings (SSSR count). The maximum absolute atomic E-state index is 11.8. The zero-order chi connectivity index (χ0) is 13.0. The molecule has 0 radical (unpaired) electrons. The van der Waals surface area contributed by atoms with Gasteiger partial charge >= 0.3 is 0 Å². The summed E-state index contributed by atoms with van der Waals surface area (Å²) in [4.78, 5) is 11.8. The van der Waals surface area contributed by atoms with Gasteiger partial charge in [-0.05, 0) is 19.1 Å². The largest absolute Gasteiger partial charge is 0.359 e. The van der Waals surface area contributed by atoms with E-state index in [-0.39, 0.29) is 5.91 Å². The van der Waals surface area contributed by atoms with E-state index in [1.165, 1.54) is 0 Å². The third-order valence-electron chi connectivity index (χ3n) is 2.45. The molecule has 0 saturated carbocycles. The second-order valence-electron chi connectivity index (χ2n) is 3.97. The van der Waals surface area contributed by atoms with E-state index >= 15 is 0 Å². The monoisotopic (exact) mass is 264 g/mol. The fraction of sp³-hybridized carbons (Fsp3) is 0.231. The first-order valence-electron chi connectivity index (χ1n) is 5.54. The normalized spacial score (nSPS) is 10.3. The van der Waals surface area contributed by atoms with Crippen molar-refractivity contribution in [2.75, 3.05) is 0 Å². The number of nitrogens with zero attached hydrogens (tertiary/aromatic N) is 1. The summed E-state index contributed by atoms with van der Waals surface area (Å²) in [5.41, 5.74) is 2.34. The van der Waals surface area contributed by atoms with Gasteiger partial charge in [0.15, 0.2) is 5.76 Å². The SMILES string of the molecule is Cc1cccc(C(=O)NCc2cc(CCl)no2)c1. The minimum Gasteiger partial charge on any atom is -0.359 e. The number of nitrogens with one attached hydrogen (secondary N) is 1. The maximum Gasteiger partial charge on any atom is 0.251 e. The Hall–Kier alpha value is -1.81. The summed E-state index contributed by atoms with van der Waals surface area (Å²) >= 11 is 5.61. The highest BCUT2D eigenvalue weighted by Crippen LogP contribution is 2.07. The molecule has 0 aliphatic carbocycles. The molecule has 4 nitrogen and oxygen atoms in total. The number of aromatic nitrogens is 1. The molecule has 1 N–H and O–H groups in total. The highest BCUT2D eigenvalue weighted by molar-refractivity contribution is 6.16. The third kappa shape index (κ3) is 3.11. The lowest BCUT2D eigenvalue weighted by molar-refractivity contribution is 0.0947. The lowest BCUT2D eigenvalue weighted by Crippen LogP contribution is -2.22. The highest BCUT2D eigenvalue weighted by atomic mass is 35.5. The molecule has 2 aromatic rings. The average molecular weight is 265 g/mol. The molecule has 0 aliphatic heterocycles. The van der Waals surface area contributed by atoms with Crippen molar-refractivity contribution in [2.45, 2.75) is 19.3 Å². The molecule has 1 amide bonds. The van der Waals surface area contributed by atoms with E-state index in [2.05, 4.69) is 10.5 Å². The Kier molecular flexibility index (Phi) is 3.99. The molecule has 1 aromatic carbocycles. The Balaban J connectivity index is 1.96. The molecular weight excluding hydrogens is 252 g/mol. The molecule has 0 bridgehead atoms. The lowest BCUT2D eigenvalue weighted by atomic mass is 10.1. The van der Waals surface area contributed by atoms with E-state index in [9.17, 15) is 4.79 Å². The smallest absolute Gasteiger partial charge is 0.251 e. The van der Waals surface area contributed by atoms with Crippen LogP contribution in [-0.4, -0.2) is 11.1 Å². The molecule has 0 aliphatic rings. The second kappa shape index (κ2) is 5.69. The van der Waals surface area contributed by atoms with Gasteiger partial charge < -0.3 is 9.84 Å². The predicted octanol–water partition coefficient (Wildman–Crippen LogP) is 2.65. The summed E-state index contributed by atoms with van der Waals surface area (Å²) < 4.78 is 5.02. The summed E-state index contributed by atoms with van der Waals surface area (Å²) in [6.45, 7) is 2.25. The number of carbonyl (C=O) groups excluding carboxylic acids is 1. The van der Waals surface area contributed by atoms with Crippen LogP contribution in [0.1, 0.15) is 27.4 Å². The highest BCUT2D eigenvalue weighted by Gasteiger charge is 2.07. The van der Waals surface area contributed by atoms with E-state index in [1.807, 2.05) is 25.1 Å². The summed E-state index contributed by atoms with van der Waals surface area (Å²) in [5, 5.41) is 6.51. The molecular formula is C13H13ClN2O2. The van der Waals surface area contributed by atoms with Crippen LogP contribution >= 0.6 is 11.6 Å². The number of benzene rings is 1. The van der Waals surface area contributed by atoms with Crippen LogP contribution in [0.4, 0.5) is 0 Å². The fourth-order valence-electron chi connectivity index (χ4n) is 1.56. The van der Waals surface area contributed by atoms with Crippen LogP contribution in [0.3, 0.4) is 0 Å². The Morgan fingerprint density at radius 3 is 2.94 bits per heavy atom. The van der Waals surface area contributed by atoms with Gasteiger partial charge in [-0.2, -0.15) is 0 Å². The first kappa shape index (κ1) is 12.6. The van der Waals surface area contributed by atoms with Crippen molar-refractivity contribution in [1.29, 1.82) is 0 Å². The molecule has 0 unspecified atom stereocenters. The molecule has 1 heterocycles. The minimum absolute atomic E-state index is 0.137. The van der Waals surface area contributed by atoms with E-state index in [1.54, 1.807) is 12.1 Å². The van der Waals surface area contributed by atoms with E-state index in [0.717, 1.165) is 5.56 Å². The molecule has 94 valence electrons. The summed E-state index contributed by atoms with van der Waals surface area (Å²) in [7, 11) is 0. The van der Waals surface area contributed by atoms with Gasteiger partial charge in [-0.1, -0.05) is 22.9 Å². The van der Waals surface area contributed by atoms with Gasteiger partial charge in [0.2, 0.25) is 0 Å². The van der Waals surface area contributed by atoms with Gasteiger partial charge in [-0.3, -0.25) is 4.79 Å². The molecule has 1 aromatic heterocycles. The lowest BCUT2D eigenvalue weighted by Gasteiger charge is -2.03. The first-order valence-corrected chi connectivity index (χ1v) is 6.08. The van der Waals surface area contributed by atoms with Gasteiger partial charge in [-0.25, -0.2) is 0 Å². The van der Waals surface area contributed by atoms with Gasteiger partial charge in [0, 0.05) is 11.6 Å². The molecule has 5 heteroatoms. The van der Waals surface area contributed by atoms with Crippen LogP contribution in [-0.2, 0) is 12.4 Å². The van der Waals surface area contributed by atoms with Gasteiger partial charge in [0.25, 0.3) is 5.91 Å². The zero-order valence-electron chi connectivity index (χ0n) is 9.94. The Morgan fingerprint density at radius 1 is 1.44 bits per heavy atom. The van der Waals surface area contributed by atoms with Gasteiger partial charge in [0.1, 0.15) is 0 Å². The molecule has 0 atom stereocenters. The number of hydrogen-bond donors (Lipinski definition) is 1. The summed E-state index contributed by atoms with van der Waals surface area (Å²) in [5.74, 6) is 0.754. The summed E-state index contributed by atoms with van der Waals surface area (Å²) in [6.07, 6.45) is 0. The van der Waals surface area contributed by atoms with E-state index < -0.39 is 0 Å². The Morgan fingerprint density at radius 2 is 2.28 bits per heavy atom. The van der Waals surface area contributed by atoms with Crippen molar-refractivity contribution >= 4 is 17.5 Å². The van der Waals surface area contributed by atoms with Crippen molar-refractivity contribution in [1.82, 2.24) is 10.5 Å².